The van der Waals surface area contributed by atoms with Gasteiger partial charge >= 0.3 is 0 Å². The van der Waals surface area contributed by atoms with E-state index in [1.807, 2.05) is 55.5 Å². The summed E-state index contributed by atoms with van der Waals surface area (Å²) in [5, 5.41) is 5.81. The van der Waals surface area contributed by atoms with Gasteiger partial charge in [0.05, 0.1) is 0 Å². The summed E-state index contributed by atoms with van der Waals surface area (Å²) in [5.41, 5.74) is 8.81. The molecule has 2 aromatic carbocycles. The summed E-state index contributed by atoms with van der Waals surface area (Å²) in [6.07, 6.45) is 3.35. The number of halogens is 1. The van der Waals surface area contributed by atoms with Crippen molar-refractivity contribution in [3.05, 3.63) is 59.7 Å². The number of ether oxygens (including phenoxy) is 1. The summed E-state index contributed by atoms with van der Waals surface area (Å²) in [6, 6.07) is 15.4. The Morgan fingerprint density at radius 3 is 2.57 bits per heavy atom. The van der Waals surface area contributed by atoms with Crippen LogP contribution in [0, 0.1) is 12.8 Å². The van der Waals surface area contributed by atoms with Crippen LogP contribution in [-0.2, 0) is 16.0 Å². The molecule has 1 aliphatic rings. The molecule has 0 heterocycles. The molecule has 0 spiro atoms. The van der Waals surface area contributed by atoms with E-state index in [0.29, 0.717) is 12.3 Å². The van der Waals surface area contributed by atoms with E-state index in [0.717, 1.165) is 42.5 Å². The van der Waals surface area contributed by atoms with Crippen LogP contribution < -0.4 is 21.1 Å². The number of rotatable bonds is 8. The molecule has 162 valence electrons. The van der Waals surface area contributed by atoms with Gasteiger partial charge in [0.15, 0.2) is 6.61 Å². The highest BCUT2D eigenvalue weighted by atomic mass is 35.5. The molecule has 2 unspecified atom stereocenters. The van der Waals surface area contributed by atoms with Crippen LogP contribution in [-0.4, -0.2) is 31.0 Å². The standard InChI is InChI=1S/C23H29N3O3.ClH/c1-16-3-2-4-20(13-16)26-22(27)15-29-21-9-5-17(6-10-21)11-12-25-23(28)18-7-8-19(24)14-18;/h2-6,9-10,13,18-19H,7-8,11-12,14-15,24H2,1H3,(H,25,28)(H,26,27);1H. The molecule has 0 saturated heterocycles. The van der Waals surface area contributed by atoms with Crippen LogP contribution in [0.25, 0.3) is 0 Å². The first-order valence-electron chi connectivity index (χ1n) is 10.1. The number of carbonyl (C=O) groups excluding carboxylic acids is 2. The smallest absolute Gasteiger partial charge is 0.262 e. The number of benzene rings is 2. The number of anilines is 1. The van der Waals surface area contributed by atoms with Crippen molar-refractivity contribution in [1.29, 1.82) is 0 Å². The van der Waals surface area contributed by atoms with E-state index in [4.69, 9.17) is 10.5 Å². The van der Waals surface area contributed by atoms with Gasteiger partial charge in [-0.3, -0.25) is 9.59 Å². The van der Waals surface area contributed by atoms with Gasteiger partial charge in [-0.05, 0) is 68.0 Å². The number of hydrogen-bond donors (Lipinski definition) is 3. The monoisotopic (exact) mass is 431 g/mol. The third-order valence-electron chi connectivity index (χ3n) is 5.15. The number of carbonyl (C=O) groups is 2. The largest absolute Gasteiger partial charge is 0.484 e. The SMILES string of the molecule is Cc1cccc(NC(=O)COc2ccc(CCNC(=O)C3CCC(N)C3)cc2)c1.Cl. The van der Waals surface area contributed by atoms with Gasteiger partial charge in [-0.15, -0.1) is 12.4 Å². The number of hydrogen-bond acceptors (Lipinski definition) is 4. The molecule has 1 aliphatic carbocycles. The highest BCUT2D eigenvalue weighted by Gasteiger charge is 2.27. The fourth-order valence-electron chi connectivity index (χ4n) is 3.55. The van der Waals surface area contributed by atoms with Gasteiger partial charge in [0.1, 0.15) is 5.75 Å². The molecule has 0 bridgehead atoms. The molecule has 30 heavy (non-hydrogen) atoms. The topological polar surface area (TPSA) is 93.5 Å². The Balaban J connectivity index is 0.00000320. The van der Waals surface area contributed by atoms with Crippen LogP contribution in [0.3, 0.4) is 0 Å². The van der Waals surface area contributed by atoms with Crippen molar-refractivity contribution in [3.63, 3.8) is 0 Å². The van der Waals surface area contributed by atoms with Crippen molar-refractivity contribution < 1.29 is 14.3 Å². The molecule has 1 fully saturated rings. The third-order valence-corrected chi connectivity index (χ3v) is 5.15. The number of aryl methyl sites for hydroxylation is 1. The maximum atomic E-state index is 12.1. The summed E-state index contributed by atoms with van der Waals surface area (Å²) in [6.45, 7) is 2.53. The van der Waals surface area contributed by atoms with E-state index in [1.54, 1.807) is 0 Å². The van der Waals surface area contributed by atoms with Gasteiger partial charge in [0.2, 0.25) is 5.91 Å². The van der Waals surface area contributed by atoms with Gasteiger partial charge in [-0.25, -0.2) is 0 Å². The Labute approximate surface area is 184 Å². The fourth-order valence-corrected chi connectivity index (χ4v) is 3.55. The lowest BCUT2D eigenvalue weighted by Gasteiger charge is -2.11. The van der Waals surface area contributed by atoms with Crippen molar-refractivity contribution in [3.8, 4) is 5.75 Å². The quantitative estimate of drug-likeness (QED) is 0.598. The Hall–Kier alpha value is -2.57. The molecule has 3 rings (SSSR count). The lowest BCUT2D eigenvalue weighted by atomic mass is 10.1. The molecule has 2 aromatic rings. The molecule has 2 amide bonds. The Bertz CT molecular complexity index is 842. The second-order valence-electron chi connectivity index (χ2n) is 7.66. The van der Waals surface area contributed by atoms with E-state index >= 15 is 0 Å². The van der Waals surface area contributed by atoms with E-state index in [9.17, 15) is 9.59 Å². The predicted molar refractivity (Wildman–Crippen MR) is 121 cm³/mol. The first-order valence-corrected chi connectivity index (χ1v) is 10.1. The van der Waals surface area contributed by atoms with Crippen LogP contribution in [0.5, 0.6) is 5.75 Å². The minimum absolute atomic E-state index is 0. The van der Waals surface area contributed by atoms with Crippen LogP contribution >= 0.6 is 12.4 Å². The summed E-state index contributed by atoms with van der Waals surface area (Å²) >= 11 is 0. The highest BCUT2D eigenvalue weighted by molar-refractivity contribution is 5.91. The normalized spacial score (nSPS) is 17.7. The number of amides is 2. The van der Waals surface area contributed by atoms with Crippen molar-refractivity contribution >= 4 is 29.9 Å². The first-order chi connectivity index (χ1) is 14.0. The van der Waals surface area contributed by atoms with E-state index in [-0.39, 0.29) is 42.8 Å². The molecule has 4 N–H and O–H groups in total. The minimum atomic E-state index is -0.200. The molecular formula is C23H30ClN3O3. The van der Waals surface area contributed by atoms with Crippen LogP contribution in [0.2, 0.25) is 0 Å². The molecule has 0 aromatic heterocycles. The lowest BCUT2D eigenvalue weighted by Crippen LogP contribution is -2.31. The number of nitrogens with one attached hydrogen (secondary N) is 2. The van der Waals surface area contributed by atoms with E-state index in [1.165, 1.54) is 0 Å². The molecule has 1 saturated carbocycles. The van der Waals surface area contributed by atoms with Gasteiger partial charge in [0.25, 0.3) is 5.91 Å². The van der Waals surface area contributed by atoms with Crippen LogP contribution in [0.4, 0.5) is 5.69 Å². The second-order valence-corrected chi connectivity index (χ2v) is 7.66. The molecule has 2 atom stereocenters. The first kappa shape index (κ1) is 23.7. The maximum absolute atomic E-state index is 12.1. The maximum Gasteiger partial charge on any atom is 0.262 e. The van der Waals surface area contributed by atoms with Crippen LogP contribution in [0.1, 0.15) is 30.4 Å². The summed E-state index contributed by atoms with van der Waals surface area (Å²) in [4.78, 5) is 24.1. The predicted octanol–water partition coefficient (Wildman–Crippen LogP) is 3.22. The summed E-state index contributed by atoms with van der Waals surface area (Å²) in [7, 11) is 0. The van der Waals surface area contributed by atoms with Gasteiger partial charge in [0, 0.05) is 24.2 Å². The van der Waals surface area contributed by atoms with Crippen molar-refractivity contribution in [2.45, 2.75) is 38.6 Å². The van der Waals surface area contributed by atoms with Crippen molar-refractivity contribution in [1.82, 2.24) is 5.32 Å². The number of nitrogens with two attached hydrogens (primary N) is 1. The summed E-state index contributed by atoms with van der Waals surface area (Å²) < 4.78 is 5.55. The van der Waals surface area contributed by atoms with Gasteiger partial charge < -0.3 is 21.1 Å². The second kappa shape index (κ2) is 11.6. The summed E-state index contributed by atoms with van der Waals surface area (Å²) in [5.74, 6) is 0.607. The van der Waals surface area contributed by atoms with Gasteiger partial charge in [-0.1, -0.05) is 24.3 Å². The minimum Gasteiger partial charge on any atom is -0.484 e. The Morgan fingerprint density at radius 1 is 1.13 bits per heavy atom. The molecule has 0 radical (unpaired) electrons. The Kier molecular flexibility index (Phi) is 9.15. The van der Waals surface area contributed by atoms with E-state index in [2.05, 4.69) is 10.6 Å². The Morgan fingerprint density at radius 2 is 1.90 bits per heavy atom. The van der Waals surface area contributed by atoms with Crippen molar-refractivity contribution in [2.75, 3.05) is 18.5 Å². The van der Waals surface area contributed by atoms with Crippen LogP contribution in [0.15, 0.2) is 48.5 Å². The highest BCUT2D eigenvalue weighted by Crippen LogP contribution is 2.24. The molecule has 0 aliphatic heterocycles. The molecule has 7 heteroatoms. The van der Waals surface area contributed by atoms with Crippen molar-refractivity contribution in [2.24, 2.45) is 11.7 Å². The molecule has 6 nitrogen and oxygen atoms in total. The average molecular weight is 432 g/mol. The lowest BCUT2D eigenvalue weighted by molar-refractivity contribution is -0.124. The zero-order chi connectivity index (χ0) is 20.6. The van der Waals surface area contributed by atoms with Gasteiger partial charge in [-0.2, -0.15) is 0 Å². The fraction of sp³-hybridized carbons (Fsp3) is 0.391. The zero-order valence-corrected chi connectivity index (χ0v) is 18.0. The molecular weight excluding hydrogens is 402 g/mol. The zero-order valence-electron chi connectivity index (χ0n) is 17.2. The third kappa shape index (κ3) is 7.35. The van der Waals surface area contributed by atoms with E-state index < -0.39 is 0 Å². The average Bonchev–Trinajstić information content (AvgIpc) is 3.14.